The standard InChI is InChI=1S/C14H17N3O2/c1-8(2)9-3-4-11-10(5-9)16-14(19)12-6-15-7-13(18)17(11)12/h3-5,8,12,15H,6-7H2,1-2H3,(H,16,19). The number of benzene rings is 1. The van der Waals surface area contributed by atoms with E-state index in [2.05, 4.69) is 24.5 Å². The first kappa shape index (κ1) is 12.2. The highest BCUT2D eigenvalue weighted by Gasteiger charge is 2.39. The molecule has 0 spiro atoms. The second kappa shape index (κ2) is 4.35. The minimum atomic E-state index is -0.432. The van der Waals surface area contributed by atoms with Gasteiger partial charge in [0.2, 0.25) is 11.8 Å². The molecule has 3 rings (SSSR count). The van der Waals surface area contributed by atoms with E-state index in [0.29, 0.717) is 12.5 Å². The van der Waals surface area contributed by atoms with Crippen LogP contribution in [0.5, 0.6) is 0 Å². The molecule has 5 heteroatoms. The van der Waals surface area contributed by atoms with Gasteiger partial charge in [-0.15, -0.1) is 0 Å². The van der Waals surface area contributed by atoms with Crippen molar-refractivity contribution in [2.45, 2.75) is 25.8 Å². The van der Waals surface area contributed by atoms with E-state index < -0.39 is 6.04 Å². The summed E-state index contributed by atoms with van der Waals surface area (Å²) in [6.07, 6.45) is 0. The number of nitrogens with zero attached hydrogens (tertiary/aromatic N) is 1. The lowest BCUT2D eigenvalue weighted by Crippen LogP contribution is -2.61. The van der Waals surface area contributed by atoms with Gasteiger partial charge in [-0.3, -0.25) is 14.5 Å². The number of piperazine rings is 1. The van der Waals surface area contributed by atoms with Crippen LogP contribution in [-0.2, 0) is 9.59 Å². The maximum atomic E-state index is 12.1. The Morgan fingerprint density at radius 2 is 2.11 bits per heavy atom. The first-order valence-corrected chi connectivity index (χ1v) is 6.55. The molecule has 1 aromatic carbocycles. The molecule has 1 atom stereocenters. The molecule has 1 saturated heterocycles. The van der Waals surface area contributed by atoms with Crippen LogP contribution in [0.4, 0.5) is 11.4 Å². The van der Waals surface area contributed by atoms with Gasteiger partial charge in [-0.1, -0.05) is 19.9 Å². The van der Waals surface area contributed by atoms with Crippen LogP contribution >= 0.6 is 0 Å². The van der Waals surface area contributed by atoms with Crippen LogP contribution in [0, 0.1) is 0 Å². The molecule has 0 saturated carbocycles. The molecule has 0 aliphatic carbocycles. The van der Waals surface area contributed by atoms with Crippen molar-refractivity contribution in [3.8, 4) is 0 Å². The van der Waals surface area contributed by atoms with Gasteiger partial charge in [0.25, 0.3) is 0 Å². The smallest absolute Gasteiger partial charge is 0.248 e. The lowest BCUT2D eigenvalue weighted by Gasteiger charge is -2.39. The predicted octanol–water partition coefficient (Wildman–Crippen LogP) is 1.07. The SMILES string of the molecule is CC(C)c1ccc2c(c1)NC(=O)C1CNCC(=O)N21. The number of hydrogen-bond donors (Lipinski definition) is 2. The van der Waals surface area contributed by atoms with E-state index >= 15 is 0 Å². The van der Waals surface area contributed by atoms with Gasteiger partial charge in [-0.05, 0) is 23.6 Å². The van der Waals surface area contributed by atoms with Gasteiger partial charge in [-0.2, -0.15) is 0 Å². The van der Waals surface area contributed by atoms with Gasteiger partial charge < -0.3 is 10.6 Å². The predicted molar refractivity (Wildman–Crippen MR) is 73.3 cm³/mol. The highest BCUT2D eigenvalue weighted by Crippen LogP contribution is 2.35. The molecule has 1 fully saturated rings. The van der Waals surface area contributed by atoms with Gasteiger partial charge in [0, 0.05) is 6.54 Å². The van der Waals surface area contributed by atoms with E-state index in [1.54, 1.807) is 4.90 Å². The highest BCUT2D eigenvalue weighted by atomic mass is 16.2. The normalized spacial score (nSPS) is 22.1. The Bertz CT molecular complexity index is 554. The third-order valence-corrected chi connectivity index (χ3v) is 3.70. The molecule has 19 heavy (non-hydrogen) atoms. The molecule has 100 valence electrons. The molecular weight excluding hydrogens is 242 g/mol. The van der Waals surface area contributed by atoms with Crippen LogP contribution in [0.3, 0.4) is 0 Å². The Balaban J connectivity index is 2.07. The number of carbonyl (C=O) groups is 2. The van der Waals surface area contributed by atoms with Gasteiger partial charge in [0.1, 0.15) is 6.04 Å². The fraction of sp³-hybridized carbons (Fsp3) is 0.429. The van der Waals surface area contributed by atoms with Crippen molar-refractivity contribution in [3.63, 3.8) is 0 Å². The summed E-state index contributed by atoms with van der Waals surface area (Å²) in [7, 11) is 0. The number of nitrogens with one attached hydrogen (secondary N) is 2. The van der Waals surface area contributed by atoms with Crippen LogP contribution in [0.15, 0.2) is 18.2 Å². The number of hydrogen-bond acceptors (Lipinski definition) is 3. The molecular formula is C14H17N3O2. The van der Waals surface area contributed by atoms with Crippen molar-refractivity contribution >= 4 is 23.2 Å². The van der Waals surface area contributed by atoms with E-state index in [-0.39, 0.29) is 18.4 Å². The molecule has 5 nitrogen and oxygen atoms in total. The summed E-state index contributed by atoms with van der Waals surface area (Å²) in [5.74, 6) is 0.220. The first-order chi connectivity index (χ1) is 9.08. The minimum absolute atomic E-state index is 0.0513. The van der Waals surface area contributed by atoms with Crippen molar-refractivity contribution in [1.82, 2.24) is 5.32 Å². The van der Waals surface area contributed by atoms with Crippen LogP contribution in [0.2, 0.25) is 0 Å². The molecule has 2 aliphatic heterocycles. The van der Waals surface area contributed by atoms with Crippen LogP contribution in [-0.4, -0.2) is 30.9 Å². The summed E-state index contributed by atoms with van der Waals surface area (Å²) in [5, 5.41) is 5.87. The zero-order valence-electron chi connectivity index (χ0n) is 11.1. The number of rotatable bonds is 1. The molecule has 2 N–H and O–H groups in total. The fourth-order valence-electron chi connectivity index (χ4n) is 2.62. The maximum Gasteiger partial charge on any atom is 0.248 e. The molecule has 0 bridgehead atoms. The third-order valence-electron chi connectivity index (χ3n) is 3.70. The van der Waals surface area contributed by atoms with E-state index in [1.165, 1.54) is 0 Å². The van der Waals surface area contributed by atoms with Crippen molar-refractivity contribution in [2.24, 2.45) is 0 Å². The van der Waals surface area contributed by atoms with Crippen molar-refractivity contribution in [1.29, 1.82) is 0 Å². The van der Waals surface area contributed by atoms with Crippen LogP contribution < -0.4 is 15.5 Å². The van der Waals surface area contributed by atoms with E-state index in [4.69, 9.17) is 0 Å². The Morgan fingerprint density at radius 1 is 1.32 bits per heavy atom. The van der Waals surface area contributed by atoms with Crippen LogP contribution in [0.1, 0.15) is 25.3 Å². The zero-order chi connectivity index (χ0) is 13.6. The fourth-order valence-corrected chi connectivity index (χ4v) is 2.62. The van der Waals surface area contributed by atoms with Crippen LogP contribution in [0.25, 0.3) is 0 Å². The minimum Gasteiger partial charge on any atom is -0.322 e. The summed E-state index contributed by atoms with van der Waals surface area (Å²) >= 11 is 0. The second-order valence-corrected chi connectivity index (χ2v) is 5.33. The number of amides is 2. The summed E-state index contributed by atoms with van der Waals surface area (Å²) in [4.78, 5) is 25.7. The van der Waals surface area contributed by atoms with Crippen molar-refractivity contribution < 1.29 is 9.59 Å². The molecule has 2 aliphatic rings. The average molecular weight is 259 g/mol. The third kappa shape index (κ3) is 1.90. The molecule has 2 amide bonds. The molecule has 1 aromatic rings. The average Bonchev–Trinajstić information content (AvgIpc) is 2.38. The Hall–Kier alpha value is -1.88. The highest BCUT2D eigenvalue weighted by molar-refractivity contribution is 6.13. The lowest BCUT2D eigenvalue weighted by atomic mass is 9.99. The quantitative estimate of drug-likeness (QED) is 0.793. The number of fused-ring (bicyclic) bond motifs is 3. The van der Waals surface area contributed by atoms with Gasteiger partial charge >= 0.3 is 0 Å². The first-order valence-electron chi connectivity index (χ1n) is 6.55. The van der Waals surface area contributed by atoms with E-state index in [0.717, 1.165) is 16.9 Å². The molecule has 0 aromatic heterocycles. The van der Waals surface area contributed by atoms with Crippen molar-refractivity contribution in [2.75, 3.05) is 23.3 Å². The van der Waals surface area contributed by atoms with E-state index in [1.807, 2.05) is 18.2 Å². The number of carbonyl (C=O) groups excluding carboxylic acids is 2. The topological polar surface area (TPSA) is 61.4 Å². The van der Waals surface area contributed by atoms with Gasteiger partial charge in [0.05, 0.1) is 17.9 Å². The van der Waals surface area contributed by atoms with Crippen molar-refractivity contribution in [3.05, 3.63) is 23.8 Å². The Morgan fingerprint density at radius 3 is 2.84 bits per heavy atom. The monoisotopic (exact) mass is 259 g/mol. The Kier molecular flexibility index (Phi) is 2.78. The summed E-state index contributed by atoms with van der Waals surface area (Å²) in [6.45, 7) is 4.99. The largest absolute Gasteiger partial charge is 0.322 e. The molecule has 1 unspecified atom stereocenters. The zero-order valence-corrected chi connectivity index (χ0v) is 11.1. The van der Waals surface area contributed by atoms with Gasteiger partial charge in [0.15, 0.2) is 0 Å². The summed E-state index contributed by atoms with van der Waals surface area (Å²) in [5.41, 5.74) is 2.70. The lowest BCUT2D eigenvalue weighted by molar-refractivity contribution is -0.124. The van der Waals surface area contributed by atoms with E-state index in [9.17, 15) is 9.59 Å². The summed E-state index contributed by atoms with van der Waals surface area (Å²) in [6, 6.07) is 5.48. The Labute approximate surface area is 112 Å². The van der Waals surface area contributed by atoms with Gasteiger partial charge in [-0.25, -0.2) is 0 Å². The number of anilines is 2. The molecule has 2 heterocycles. The molecule has 0 radical (unpaired) electrons. The maximum absolute atomic E-state index is 12.1. The second-order valence-electron chi connectivity index (χ2n) is 5.33. The summed E-state index contributed by atoms with van der Waals surface area (Å²) < 4.78 is 0.